The Hall–Kier alpha value is -2.21. The second-order valence-corrected chi connectivity index (χ2v) is 4.58. The molecule has 0 bridgehead atoms. The van der Waals surface area contributed by atoms with Crippen molar-refractivity contribution in [3.8, 4) is 0 Å². The lowest BCUT2D eigenvalue weighted by molar-refractivity contribution is 0.0524. The van der Waals surface area contributed by atoms with Gasteiger partial charge in [-0.15, -0.1) is 0 Å². The molecule has 2 rings (SSSR count). The van der Waals surface area contributed by atoms with Crippen LogP contribution in [0.2, 0.25) is 0 Å². The van der Waals surface area contributed by atoms with Gasteiger partial charge in [-0.05, 0) is 24.6 Å². The molecular weight excluding hydrogens is 273 g/mol. The third kappa shape index (κ3) is 3.88. The van der Waals surface area contributed by atoms with Crippen LogP contribution in [0, 0.1) is 5.82 Å². The summed E-state index contributed by atoms with van der Waals surface area (Å²) in [6.07, 6.45) is 1.51. The highest BCUT2D eigenvalue weighted by atomic mass is 19.1. The first-order valence-corrected chi connectivity index (χ1v) is 6.75. The number of esters is 1. The Kier molecular flexibility index (Phi) is 5.05. The van der Waals surface area contributed by atoms with E-state index in [0.29, 0.717) is 25.3 Å². The molecule has 0 atom stereocenters. The van der Waals surface area contributed by atoms with Crippen LogP contribution >= 0.6 is 0 Å². The molecule has 0 radical (unpaired) electrons. The molecule has 1 heterocycles. The van der Waals surface area contributed by atoms with Gasteiger partial charge in [-0.3, -0.25) is 4.68 Å². The van der Waals surface area contributed by atoms with Gasteiger partial charge in [-0.1, -0.05) is 12.1 Å². The average Bonchev–Trinajstić information content (AvgIpc) is 2.83. The second-order valence-electron chi connectivity index (χ2n) is 4.58. The number of hydrogen-bond donors (Lipinski definition) is 1. The molecule has 1 N–H and O–H groups in total. The standard InChI is InChI=1S/C15H18FN3O2/c1-3-21-15(20)13-9-18-19(2)14(13)10-17-8-11-4-6-12(16)7-5-11/h4-7,9,17H,3,8,10H2,1-2H3. The highest BCUT2D eigenvalue weighted by Crippen LogP contribution is 2.10. The fraction of sp³-hybridized carbons (Fsp3) is 0.333. The van der Waals surface area contributed by atoms with E-state index in [-0.39, 0.29) is 11.8 Å². The number of rotatable bonds is 6. The minimum atomic E-state index is -0.371. The van der Waals surface area contributed by atoms with Gasteiger partial charge in [0.2, 0.25) is 0 Å². The Labute approximate surface area is 122 Å². The van der Waals surface area contributed by atoms with E-state index in [1.807, 2.05) is 0 Å². The van der Waals surface area contributed by atoms with Crippen molar-refractivity contribution in [1.82, 2.24) is 15.1 Å². The van der Waals surface area contributed by atoms with Crippen molar-refractivity contribution in [2.24, 2.45) is 7.05 Å². The SMILES string of the molecule is CCOC(=O)c1cnn(C)c1CNCc1ccc(F)cc1. The maximum absolute atomic E-state index is 12.8. The van der Waals surface area contributed by atoms with Gasteiger partial charge in [0, 0.05) is 20.1 Å². The summed E-state index contributed by atoms with van der Waals surface area (Å²) in [5, 5.41) is 7.29. The van der Waals surface area contributed by atoms with Crippen LogP contribution < -0.4 is 5.32 Å². The normalized spacial score (nSPS) is 10.6. The Morgan fingerprint density at radius 1 is 1.33 bits per heavy atom. The van der Waals surface area contributed by atoms with Crippen LogP contribution in [0.4, 0.5) is 4.39 Å². The van der Waals surface area contributed by atoms with Crippen LogP contribution in [0.15, 0.2) is 30.5 Å². The number of aromatic nitrogens is 2. The van der Waals surface area contributed by atoms with Gasteiger partial charge < -0.3 is 10.1 Å². The number of carbonyl (C=O) groups is 1. The van der Waals surface area contributed by atoms with Crippen molar-refractivity contribution in [3.63, 3.8) is 0 Å². The van der Waals surface area contributed by atoms with E-state index < -0.39 is 0 Å². The largest absolute Gasteiger partial charge is 0.462 e. The summed E-state index contributed by atoms with van der Waals surface area (Å²) < 4.78 is 19.5. The Bertz CT molecular complexity index is 608. The number of benzene rings is 1. The van der Waals surface area contributed by atoms with Crippen LogP contribution in [0.3, 0.4) is 0 Å². The summed E-state index contributed by atoms with van der Waals surface area (Å²) in [7, 11) is 1.78. The van der Waals surface area contributed by atoms with Gasteiger partial charge >= 0.3 is 5.97 Å². The van der Waals surface area contributed by atoms with Crippen molar-refractivity contribution in [1.29, 1.82) is 0 Å². The molecule has 5 nitrogen and oxygen atoms in total. The first kappa shape index (κ1) is 15.2. The molecule has 0 fully saturated rings. The van der Waals surface area contributed by atoms with Crippen LogP contribution in [0.1, 0.15) is 28.5 Å². The quantitative estimate of drug-likeness (QED) is 0.827. The number of aryl methyl sites for hydroxylation is 1. The monoisotopic (exact) mass is 291 g/mol. The Morgan fingerprint density at radius 3 is 2.71 bits per heavy atom. The summed E-state index contributed by atoms with van der Waals surface area (Å²) in [5.41, 5.74) is 2.19. The van der Waals surface area contributed by atoms with E-state index in [0.717, 1.165) is 11.3 Å². The smallest absolute Gasteiger partial charge is 0.341 e. The molecule has 1 aromatic heterocycles. The summed E-state index contributed by atoms with van der Waals surface area (Å²) in [4.78, 5) is 11.8. The zero-order chi connectivity index (χ0) is 15.2. The minimum Gasteiger partial charge on any atom is -0.462 e. The molecule has 0 aliphatic heterocycles. The molecule has 1 aromatic carbocycles. The summed E-state index contributed by atoms with van der Waals surface area (Å²) in [6, 6.07) is 6.28. The lowest BCUT2D eigenvalue weighted by Crippen LogP contribution is -2.18. The van der Waals surface area contributed by atoms with E-state index in [1.165, 1.54) is 18.3 Å². The topological polar surface area (TPSA) is 56.1 Å². The van der Waals surface area contributed by atoms with E-state index in [2.05, 4.69) is 10.4 Å². The molecule has 112 valence electrons. The molecule has 21 heavy (non-hydrogen) atoms. The predicted molar refractivity (Wildman–Crippen MR) is 76.1 cm³/mol. The molecular formula is C15H18FN3O2. The molecule has 0 unspecified atom stereocenters. The number of hydrogen-bond acceptors (Lipinski definition) is 4. The number of nitrogens with one attached hydrogen (secondary N) is 1. The molecule has 0 saturated carbocycles. The van der Waals surface area contributed by atoms with Crippen molar-refractivity contribution < 1.29 is 13.9 Å². The van der Waals surface area contributed by atoms with Gasteiger partial charge in [0.25, 0.3) is 0 Å². The third-order valence-electron chi connectivity index (χ3n) is 3.09. The van der Waals surface area contributed by atoms with Crippen molar-refractivity contribution in [3.05, 3.63) is 53.1 Å². The number of ether oxygens (including phenoxy) is 1. The lowest BCUT2D eigenvalue weighted by atomic mass is 10.2. The van der Waals surface area contributed by atoms with Gasteiger partial charge in [0.1, 0.15) is 11.4 Å². The fourth-order valence-electron chi connectivity index (χ4n) is 1.98. The van der Waals surface area contributed by atoms with Gasteiger partial charge in [0.05, 0.1) is 18.5 Å². The van der Waals surface area contributed by atoms with Crippen LogP contribution in [0.25, 0.3) is 0 Å². The lowest BCUT2D eigenvalue weighted by Gasteiger charge is -2.08. The second kappa shape index (κ2) is 6.99. The van der Waals surface area contributed by atoms with E-state index in [9.17, 15) is 9.18 Å². The molecule has 6 heteroatoms. The molecule has 0 amide bonds. The van der Waals surface area contributed by atoms with E-state index in [4.69, 9.17) is 4.74 Å². The van der Waals surface area contributed by atoms with E-state index in [1.54, 1.807) is 30.8 Å². The van der Waals surface area contributed by atoms with Gasteiger partial charge in [-0.2, -0.15) is 5.10 Å². The fourth-order valence-corrected chi connectivity index (χ4v) is 1.98. The number of carbonyl (C=O) groups excluding carboxylic acids is 1. The first-order chi connectivity index (χ1) is 10.1. The third-order valence-corrected chi connectivity index (χ3v) is 3.09. The Morgan fingerprint density at radius 2 is 2.05 bits per heavy atom. The summed E-state index contributed by atoms with van der Waals surface area (Å²) in [6.45, 7) is 3.15. The van der Waals surface area contributed by atoms with Crippen LogP contribution in [0.5, 0.6) is 0 Å². The maximum atomic E-state index is 12.8. The highest BCUT2D eigenvalue weighted by Gasteiger charge is 2.16. The molecule has 0 saturated heterocycles. The van der Waals surface area contributed by atoms with Gasteiger partial charge in [-0.25, -0.2) is 9.18 Å². The molecule has 0 aliphatic carbocycles. The van der Waals surface area contributed by atoms with Crippen LogP contribution in [-0.4, -0.2) is 22.4 Å². The zero-order valence-corrected chi connectivity index (χ0v) is 12.1. The molecule has 2 aromatic rings. The van der Waals surface area contributed by atoms with Crippen LogP contribution in [-0.2, 0) is 24.9 Å². The first-order valence-electron chi connectivity index (χ1n) is 6.75. The average molecular weight is 291 g/mol. The minimum absolute atomic E-state index is 0.255. The summed E-state index contributed by atoms with van der Waals surface area (Å²) >= 11 is 0. The molecule has 0 spiro atoms. The Balaban J connectivity index is 1.98. The van der Waals surface area contributed by atoms with Gasteiger partial charge in [0.15, 0.2) is 0 Å². The van der Waals surface area contributed by atoms with Crippen molar-refractivity contribution >= 4 is 5.97 Å². The summed E-state index contributed by atoms with van der Waals surface area (Å²) in [5.74, 6) is -0.626. The number of nitrogens with zero attached hydrogens (tertiary/aromatic N) is 2. The predicted octanol–water partition coefficient (Wildman–Crippen LogP) is 2.03. The number of halogens is 1. The highest BCUT2D eigenvalue weighted by molar-refractivity contribution is 5.90. The van der Waals surface area contributed by atoms with E-state index >= 15 is 0 Å². The zero-order valence-electron chi connectivity index (χ0n) is 12.1. The van der Waals surface area contributed by atoms with Crippen molar-refractivity contribution in [2.45, 2.75) is 20.0 Å². The van der Waals surface area contributed by atoms with Crippen molar-refractivity contribution in [2.75, 3.05) is 6.61 Å². The maximum Gasteiger partial charge on any atom is 0.341 e. The molecule has 0 aliphatic rings.